The molecule has 20 heavy (non-hydrogen) atoms. The molecule has 2 aromatic heterocycles. The Morgan fingerprint density at radius 1 is 1.35 bits per heavy atom. The zero-order valence-corrected chi connectivity index (χ0v) is 12.1. The number of aromatic nitrogens is 4. The smallest absolute Gasteiger partial charge is 0.150 e. The first-order chi connectivity index (χ1) is 9.69. The van der Waals surface area contributed by atoms with Gasteiger partial charge < -0.3 is 15.8 Å². The van der Waals surface area contributed by atoms with Crippen LogP contribution in [-0.4, -0.2) is 27.3 Å². The lowest BCUT2D eigenvalue weighted by atomic mass is 10.2. The van der Waals surface area contributed by atoms with Crippen molar-refractivity contribution < 1.29 is 4.74 Å². The molecule has 0 fully saturated rings. The monoisotopic (exact) mass is 334 g/mol. The topological polar surface area (TPSA) is 102 Å². The molecule has 0 saturated carbocycles. The van der Waals surface area contributed by atoms with Crippen LogP contribution in [0.1, 0.15) is 0 Å². The Kier molecular flexibility index (Phi) is 3.15. The number of benzene rings is 1. The summed E-state index contributed by atoms with van der Waals surface area (Å²) >= 11 is 3.35. The molecule has 3 aromatic rings. The number of anilines is 3. The van der Waals surface area contributed by atoms with Crippen molar-refractivity contribution in [2.24, 2.45) is 0 Å². The van der Waals surface area contributed by atoms with Gasteiger partial charge in [-0.25, -0.2) is 9.97 Å². The van der Waals surface area contributed by atoms with Gasteiger partial charge in [0.15, 0.2) is 0 Å². The zero-order valence-electron chi connectivity index (χ0n) is 10.5. The van der Waals surface area contributed by atoms with Crippen molar-refractivity contribution in [3.05, 3.63) is 29.1 Å². The third-order valence-electron chi connectivity index (χ3n) is 2.83. The van der Waals surface area contributed by atoms with Gasteiger partial charge in [0.2, 0.25) is 0 Å². The van der Waals surface area contributed by atoms with Crippen LogP contribution in [0.2, 0.25) is 0 Å². The van der Waals surface area contributed by atoms with Gasteiger partial charge in [-0.15, -0.1) is 0 Å². The molecule has 0 aliphatic heterocycles. The second-order valence-corrected chi connectivity index (χ2v) is 4.85. The molecule has 3 rings (SSSR count). The van der Waals surface area contributed by atoms with E-state index >= 15 is 0 Å². The number of hydrogen-bond acceptors (Lipinski definition) is 6. The Balaban J connectivity index is 2.07. The summed E-state index contributed by atoms with van der Waals surface area (Å²) in [6, 6.07) is 3.78. The fraction of sp³-hybridized carbons (Fsp3) is 0.0833. The molecule has 2 heterocycles. The summed E-state index contributed by atoms with van der Waals surface area (Å²) in [5.74, 6) is 1.61. The summed E-state index contributed by atoms with van der Waals surface area (Å²) in [7, 11) is 1.60. The van der Waals surface area contributed by atoms with Gasteiger partial charge in [-0.1, -0.05) is 0 Å². The number of methoxy groups -OCH3 is 1. The fourth-order valence-electron chi connectivity index (χ4n) is 1.84. The lowest BCUT2D eigenvalue weighted by Gasteiger charge is -2.12. The first-order valence-corrected chi connectivity index (χ1v) is 6.52. The fourth-order valence-corrected chi connectivity index (χ4v) is 2.14. The largest absolute Gasteiger partial charge is 0.494 e. The molecule has 0 aliphatic carbocycles. The summed E-state index contributed by atoms with van der Waals surface area (Å²) < 4.78 is 5.97. The van der Waals surface area contributed by atoms with E-state index in [0.717, 1.165) is 16.6 Å². The number of hydrogen-bond donors (Lipinski definition) is 3. The number of nitrogens with two attached hydrogens (primary N) is 1. The minimum Gasteiger partial charge on any atom is -0.494 e. The number of fused-ring (bicyclic) bond motifs is 1. The molecular weight excluding hydrogens is 324 g/mol. The minimum atomic E-state index is 0.367. The van der Waals surface area contributed by atoms with Crippen LogP contribution in [0.4, 0.5) is 17.3 Å². The highest BCUT2D eigenvalue weighted by atomic mass is 79.9. The first-order valence-electron chi connectivity index (χ1n) is 5.73. The highest BCUT2D eigenvalue weighted by Crippen LogP contribution is 2.34. The number of nitrogen functional groups attached to an aromatic ring is 1. The van der Waals surface area contributed by atoms with Crippen LogP contribution in [0.25, 0.3) is 10.9 Å². The number of ether oxygens (including phenoxy) is 1. The maximum Gasteiger partial charge on any atom is 0.150 e. The average Bonchev–Trinajstić information content (AvgIpc) is 2.90. The third kappa shape index (κ3) is 2.14. The highest BCUT2D eigenvalue weighted by Gasteiger charge is 2.11. The van der Waals surface area contributed by atoms with Gasteiger partial charge in [0.25, 0.3) is 0 Å². The van der Waals surface area contributed by atoms with Crippen molar-refractivity contribution in [1.29, 1.82) is 0 Å². The minimum absolute atomic E-state index is 0.367. The van der Waals surface area contributed by atoms with Crippen LogP contribution in [0.3, 0.4) is 0 Å². The van der Waals surface area contributed by atoms with E-state index in [9.17, 15) is 0 Å². The maximum atomic E-state index is 5.73. The molecule has 0 amide bonds. The van der Waals surface area contributed by atoms with Crippen LogP contribution in [-0.2, 0) is 0 Å². The Bertz CT molecular complexity index is 772. The summed E-state index contributed by atoms with van der Waals surface area (Å²) in [5, 5.41) is 11.0. The summed E-state index contributed by atoms with van der Waals surface area (Å²) in [6.07, 6.45) is 3.13. The van der Waals surface area contributed by atoms with Gasteiger partial charge in [-0.3, -0.25) is 5.10 Å². The lowest BCUT2D eigenvalue weighted by Crippen LogP contribution is -2.01. The summed E-state index contributed by atoms with van der Waals surface area (Å²) in [5.41, 5.74) is 7.40. The van der Waals surface area contributed by atoms with Crippen molar-refractivity contribution in [3.63, 3.8) is 0 Å². The van der Waals surface area contributed by atoms with Gasteiger partial charge in [-0.2, -0.15) is 5.10 Å². The average molecular weight is 335 g/mol. The van der Waals surface area contributed by atoms with Crippen molar-refractivity contribution in [2.75, 3.05) is 18.2 Å². The Morgan fingerprint density at radius 2 is 2.20 bits per heavy atom. The van der Waals surface area contributed by atoms with Gasteiger partial charge in [0, 0.05) is 11.5 Å². The van der Waals surface area contributed by atoms with Gasteiger partial charge in [0.05, 0.1) is 24.5 Å². The molecule has 0 unspecified atom stereocenters. The first kappa shape index (κ1) is 12.7. The standard InChI is InChI=1S/C12H11BrN6O/c1-20-9-3-7-6(4-17-19-7)2-8(9)18-12-10(13)11(14)15-5-16-12/h2-5H,1H3,(H,17,19)(H3,14,15,16,18). The predicted molar refractivity (Wildman–Crippen MR) is 80.1 cm³/mol. The van der Waals surface area contributed by atoms with E-state index in [-0.39, 0.29) is 0 Å². The summed E-state index contributed by atoms with van der Waals surface area (Å²) in [4.78, 5) is 8.05. The van der Waals surface area contributed by atoms with Crippen LogP contribution in [0.5, 0.6) is 5.75 Å². The zero-order chi connectivity index (χ0) is 14.1. The van der Waals surface area contributed by atoms with E-state index in [2.05, 4.69) is 41.4 Å². The molecule has 0 spiro atoms. The molecule has 0 saturated heterocycles. The lowest BCUT2D eigenvalue weighted by molar-refractivity contribution is 0.417. The number of aromatic amines is 1. The van der Waals surface area contributed by atoms with Crippen LogP contribution in [0, 0.1) is 0 Å². The molecule has 8 heteroatoms. The second-order valence-electron chi connectivity index (χ2n) is 4.06. The van der Waals surface area contributed by atoms with Crippen molar-refractivity contribution in [3.8, 4) is 5.75 Å². The number of halogens is 1. The van der Waals surface area contributed by atoms with Gasteiger partial charge >= 0.3 is 0 Å². The summed E-state index contributed by atoms with van der Waals surface area (Å²) in [6.45, 7) is 0. The Labute approximate surface area is 122 Å². The van der Waals surface area contributed by atoms with E-state index in [1.54, 1.807) is 13.3 Å². The Hall–Kier alpha value is -2.35. The number of H-pyrrole nitrogens is 1. The van der Waals surface area contributed by atoms with Crippen molar-refractivity contribution in [1.82, 2.24) is 20.2 Å². The van der Waals surface area contributed by atoms with Gasteiger partial charge in [-0.05, 0) is 22.0 Å². The van der Waals surface area contributed by atoms with Crippen molar-refractivity contribution >= 4 is 44.2 Å². The molecule has 4 N–H and O–H groups in total. The second kappa shape index (κ2) is 4.97. The van der Waals surface area contributed by atoms with Crippen molar-refractivity contribution in [2.45, 2.75) is 0 Å². The molecule has 0 aliphatic rings. The van der Waals surface area contributed by atoms with Gasteiger partial charge in [0.1, 0.15) is 28.2 Å². The van der Waals surface area contributed by atoms with Crippen LogP contribution in [0.15, 0.2) is 29.1 Å². The van der Waals surface area contributed by atoms with E-state index in [1.807, 2.05) is 12.1 Å². The third-order valence-corrected chi connectivity index (χ3v) is 3.61. The Morgan fingerprint density at radius 3 is 3.00 bits per heavy atom. The van der Waals surface area contributed by atoms with Crippen LogP contribution >= 0.6 is 15.9 Å². The molecule has 7 nitrogen and oxygen atoms in total. The van der Waals surface area contributed by atoms with E-state index in [0.29, 0.717) is 21.9 Å². The molecule has 1 aromatic carbocycles. The normalized spacial score (nSPS) is 10.7. The molecule has 0 radical (unpaired) electrons. The number of nitrogens with zero attached hydrogens (tertiary/aromatic N) is 3. The predicted octanol–water partition coefficient (Wildman–Crippen LogP) is 2.45. The molecule has 0 bridgehead atoms. The van der Waals surface area contributed by atoms with E-state index in [4.69, 9.17) is 10.5 Å². The van der Waals surface area contributed by atoms with E-state index in [1.165, 1.54) is 6.33 Å². The molecule has 102 valence electrons. The number of rotatable bonds is 3. The molecule has 0 atom stereocenters. The maximum absolute atomic E-state index is 5.73. The number of nitrogens with one attached hydrogen (secondary N) is 2. The highest BCUT2D eigenvalue weighted by molar-refractivity contribution is 9.10. The van der Waals surface area contributed by atoms with E-state index < -0.39 is 0 Å². The SMILES string of the molecule is COc1cc2[nH]ncc2cc1Nc1ncnc(N)c1Br. The van der Waals surface area contributed by atoms with Crippen LogP contribution < -0.4 is 15.8 Å². The quantitative estimate of drug-likeness (QED) is 0.680. The molecular formula is C12H11BrN6O.